The third-order valence-electron chi connectivity index (χ3n) is 3.34. The molecule has 0 amide bonds. The number of rotatable bonds is 5. The molecule has 1 atom stereocenters. The minimum absolute atomic E-state index is 0.283. The van der Waals surface area contributed by atoms with Crippen LogP contribution >= 0.6 is 0 Å². The Bertz CT molecular complexity index is 616. The number of unbranched alkanes of at least 4 members (excludes halogenated alkanes) is 1. The van der Waals surface area contributed by atoms with E-state index in [1.165, 1.54) is 0 Å². The van der Waals surface area contributed by atoms with Gasteiger partial charge in [0.1, 0.15) is 0 Å². The summed E-state index contributed by atoms with van der Waals surface area (Å²) < 4.78 is 0. The lowest BCUT2D eigenvalue weighted by Gasteiger charge is -2.33. The van der Waals surface area contributed by atoms with Crippen LogP contribution in [0.2, 0.25) is 0 Å². The van der Waals surface area contributed by atoms with Crippen LogP contribution in [0.3, 0.4) is 0 Å². The Morgan fingerprint density at radius 1 is 1.29 bits per heavy atom. The molecule has 0 aromatic heterocycles. The van der Waals surface area contributed by atoms with Crippen molar-refractivity contribution in [3.05, 3.63) is 47.2 Å². The van der Waals surface area contributed by atoms with Gasteiger partial charge in [-0.15, -0.1) is 0 Å². The Kier molecular flexibility index (Phi) is 4.95. The van der Waals surface area contributed by atoms with Gasteiger partial charge >= 0.3 is 0 Å². The van der Waals surface area contributed by atoms with Gasteiger partial charge in [0, 0.05) is 11.9 Å². The molecule has 5 nitrogen and oxygen atoms in total. The maximum Gasteiger partial charge on any atom is 0.197 e. The van der Waals surface area contributed by atoms with Crippen molar-refractivity contribution in [2.75, 3.05) is 0 Å². The maximum atomic E-state index is 8.98. The van der Waals surface area contributed by atoms with Crippen LogP contribution < -0.4 is 5.43 Å². The number of hydrogen-bond acceptors (Lipinski definition) is 5. The van der Waals surface area contributed by atoms with E-state index >= 15 is 0 Å². The molecule has 106 valence electrons. The van der Waals surface area contributed by atoms with E-state index in [1.807, 2.05) is 24.4 Å². The molecule has 0 saturated carbocycles. The molecule has 0 aliphatic carbocycles. The fourth-order valence-corrected chi connectivity index (χ4v) is 2.23. The third kappa shape index (κ3) is 3.40. The molecule has 1 unspecified atom stereocenters. The van der Waals surface area contributed by atoms with Gasteiger partial charge in [0.15, 0.2) is 12.4 Å². The molecule has 1 N–H and O–H groups in total. The van der Waals surface area contributed by atoms with E-state index in [0.717, 1.165) is 30.5 Å². The van der Waals surface area contributed by atoms with Crippen molar-refractivity contribution in [3.8, 4) is 12.3 Å². The first-order valence-electron chi connectivity index (χ1n) is 6.96. The molecule has 0 fully saturated rings. The van der Waals surface area contributed by atoms with Gasteiger partial charge in [-0.2, -0.15) is 10.5 Å². The Morgan fingerprint density at radius 2 is 2.05 bits per heavy atom. The van der Waals surface area contributed by atoms with Crippen LogP contribution in [-0.2, 0) is 0 Å². The Labute approximate surface area is 124 Å². The van der Waals surface area contributed by atoms with E-state index in [9.17, 15) is 0 Å². The smallest absolute Gasteiger partial charge is 0.197 e. The topological polar surface area (TPSA) is 75.2 Å². The lowest BCUT2D eigenvalue weighted by Crippen LogP contribution is -2.38. The molecular formula is C16H17N5. The van der Waals surface area contributed by atoms with Gasteiger partial charge in [0.25, 0.3) is 0 Å². The number of allylic oxidation sites excluding steroid dienone is 2. The molecule has 2 rings (SSSR count). The van der Waals surface area contributed by atoms with E-state index in [4.69, 9.17) is 10.5 Å². The molecule has 21 heavy (non-hydrogen) atoms. The highest BCUT2D eigenvalue weighted by molar-refractivity contribution is 5.73. The summed E-state index contributed by atoms with van der Waals surface area (Å²) in [4.78, 5) is 4.44. The van der Waals surface area contributed by atoms with Crippen molar-refractivity contribution in [1.29, 1.82) is 10.5 Å². The van der Waals surface area contributed by atoms with Crippen molar-refractivity contribution in [1.82, 2.24) is 10.4 Å². The molecule has 1 heterocycles. The highest BCUT2D eigenvalue weighted by Gasteiger charge is 2.23. The molecule has 1 aliphatic rings. The average Bonchev–Trinajstić information content (AvgIpc) is 2.54. The molecule has 1 aromatic carbocycles. The highest BCUT2D eigenvalue weighted by Crippen LogP contribution is 2.28. The lowest BCUT2D eigenvalue weighted by molar-refractivity contribution is 0.205. The minimum Gasteiger partial charge on any atom is -0.262 e. The Hall–Kier alpha value is -2.79. The molecule has 0 radical (unpaired) electrons. The van der Waals surface area contributed by atoms with Crippen LogP contribution in [0, 0.1) is 22.8 Å². The fourth-order valence-electron chi connectivity index (χ4n) is 2.23. The number of nitriles is 2. The number of benzene rings is 1. The third-order valence-corrected chi connectivity index (χ3v) is 3.34. The van der Waals surface area contributed by atoms with Gasteiger partial charge in [-0.1, -0.05) is 25.5 Å². The predicted molar refractivity (Wildman–Crippen MR) is 80.6 cm³/mol. The summed E-state index contributed by atoms with van der Waals surface area (Å²) in [6, 6.07) is 9.37. The fraction of sp³-hybridized carbons (Fsp3) is 0.312. The number of hydrogen-bond donors (Lipinski definition) is 1. The average molecular weight is 279 g/mol. The minimum atomic E-state index is -0.283. The number of nitrogens with one attached hydrogen (secondary N) is 1. The van der Waals surface area contributed by atoms with Crippen LogP contribution in [0.15, 0.2) is 41.0 Å². The van der Waals surface area contributed by atoms with Crippen molar-refractivity contribution in [3.63, 3.8) is 0 Å². The lowest BCUT2D eigenvalue weighted by atomic mass is 10.1. The summed E-state index contributed by atoms with van der Waals surface area (Å²) in [5.74, 6) is 0. The Morgan fingerprint density at radius 3 is 2.67 bits per heavy atom. The number of aliphatic imine (C=N–C) groups is 1. The van der Waals surface area contributed by atoms with Gasteiger partial charge in [0.05, 0.1) is 11.6 Å². The van der Waals surface area contributed by atoms with Gasteiger partial charge < -0.3 is 0 Å². The van der Waals surface area contributed by atoms with E-state index < -0.39 is 0 Å². The second kappa shape index (κ2) is 7.12. The van der Waals surface area contributed by atoms with Crippen molar-refractivity contribution >= 4 is 6.21 Å². The van der Waals surface area contributed by atoms with Gasteiger partial charge in [-0.25, -0.2) is 5.43 Å². The van der Waals surface area contributed by atoms with Crippen LogP contribution in [0.5, 0.6) is 0 Å². The first kappa shape index (κ1) is 14.6. The molecular weight excluding hydrogens is 262 g/mol. The van der Waals surface area contributed by atoms with Crippen LogP contribution in [0.1, 0.15) is 43.5 Å². The monoisotopic (exact) mass is 279 g/mol. The van der Waals surface area contributed by atoms with Crippen molar-refractivity contribution < 1.29 is 0 Å². The largest absolute Gasteiger partial charge is 0.262 e. The zero-order chi connectivity index (χ0) is 15.1. The van der Waals surface area contributed by atoms with E-state index in [0.29, 0.717) is 5.56 Å². The summed E-state index contributed by atoms with van der Waals surface area (Å²) in [7, 11) is 0. The first-order chi connectivity index (χ1) is 10.3. The summed E-state index contributed by atoms with van der Waals surface area (Å²) in [5, 5.41) is 19.6. The summed E-state index contributed by atoms with van der Waals surface area (Å²) in [6.07, 6.45) is 8.45. The molecule has 1 aliphatic heterocycles. The zero-order valence-electron chi connectivity index (χ0n) is 12.0. The SMILES string of the molecule is CCCCC1=CC=NC(c2ccc(C#N)cc2)N1NC#N. The van der Waals surface area contributed by atoms with Crippen LogP contribution in [0.4, 0.5) is 0 Å². The molecule has 0 saturated heterocycles. The molecule has 5 heteroatoms. The van der Waals surface area contributed by atoms with E-state index in [2.05, 4.69) is 23.4 Å². The summed E-state index contributed by atoms with van der Waals surface area (Å²) in [6.45, 7) is 2.14. The van der Waals surface area contributed by atoms with Crippen molar-refractivity contribution in [2.45, 2.75) is 32.4 Å². The van der Waals surface area contributed by atoms with Gasteiger partial charge in [-0.05, 0) is 36.6 Å². The maximum absolute atomic E-state index is 8.98. The number of hydrazine groups is 1. The van der Waals surface area contributed by atoms with E-state index in [-0.39, 0.29) is 6.17 Å². The van der Waals surface area contributed by atoms with Gasteiger partial charge in [0.2, 0.25) is 0 Å². The molecule has 0 bridgehead atoms. The van der Waals surface area contributed by atoms with E-state index in [1.54, 1.807) is 23.4 Å². The second-order valence-corrected chi connectivity index (χ2v) is 4.76. The predicted octanol–water partition coefficient (Wildman–Crippen LogP) is 3.00. The molecule has 0 spiro atoms. The van der Waals surface area contributed by atoms with Crippen LogP contribution in [0.25, 0.3) is 0 Å². The highest BCUT2D eigenvalue weighted by atomic mass is 15.6. The quantitative estimate of drug-likeness (QED) is 0.664. The Balaban J connectivity index is 2.25. The summed E-state index contributed by atoms with van der Waals surface area (Å²) >= 11 is 0. The van der Waals surface area contributed by atoms with Crippen LogP contribution in [-0.4, -0.2) is 11.2 Å². The molecule has 1 aromatic rings. The summed E-state index contributed by atoms with van der Waals surface area (Å²) in [5.41, 5.74) is 5.31. The second-order valence-electron chi connectivity index (χ2n) is 4.76. The normalized spacial score (nSPS) is 16.8. The number of nitrogens with zero attached hydrogens (tertiary/aromatic N) is 4. The zero-order valence-corrected chi connectivity index (χ0v) is 12.0. The standard InChI is InChI=1S/C16H17N5/c1-2-3-4-15-9-10-19-16(21(15)20-12-18)14-7-5-13(11-17)6-8-14/h5-10,16,20H,2-4H2,1H3. The van der Waals surface area contributed by atoms with Gasteiger partial charge in [-0.3, -0.25) is 10.0 Å². The van der Waals surface area contributed by atoms with Crippen molar-refractivity contribution in [2.24, 2.45) is 4.99 Å². The first-order valence-corrected chi connectivity index (χ1v) is 6.96.